The zero-order chi connectivity index (χ0) is 19.6. The molecule has 2 aromatic carbocycles. The first kappa shape index (κ1) is 18.7. The molecule has 0 fully saturated rings. The first-order chi connectivity index (χ1) is 12.9. The summed E-state index contributed by atoms with van der Waals surface area (Å²) in [6.45, 7) is 3.52. The lowest BCUT2D eigenvalue weighted by molar-refractivity contribution is -0.152. The van der Waals surface area contributed by atoms with Gasteiger partial charge in [0.15, 0.2) is 5.76 Å². The molecule has 7 heteroatoms. The summed E-state index contributed by atoms with van der Waals surface area (Å²) < 4.78 is 10.4. The Morgan fingerprint density at radius 2 is 1.81 bits per heavy atom. The Morgan fingerprint density at radius 1 is 1.11 bits per heavy atom. The SMILES string of the molecule is CCOC(=O)C(=O)Nc1c(C(=O)c2ccc(Cl)cc2)oc2ccc(C)cc12. The number of carbonyl (C=O) groups is 3. The van der Waals surface area contributed by atoms with Gasteiger partial charge in [0.25, 0.3) is 0 Å². The molecule has 0 atom stereocenters. The molecule has 1 heterocycles. The van der Waals surface area contributed by atoms with Crippen molar-refractivity contribution in [3.8, 4) is 0 Å². The van der Waals surface area contributed by atoms with E-state index in [0.29, 0.717) is 21.6 Å². The van der Waals surface area contributed by atoms with E-state index in [4.69, 9.17) is 20.8 Å². The van der Waals surface area contributed by atoms with Crippen LogP contribution in [0.4, 0.5) is 5.69 Å². The first-order valence-corrected chi connectivity index (χ1v) is 8.60. The summed E-state index contributed by atoms with van der Waals surface area (Å²) in [6, 6.07) is 11.6. The molecule has 1 N–H and O–H groups in total. The molecule has 0 bridgehead atoms. The van der Waals surface area contributed by atoms with Gasteiger partial charge in [0.05, 0.1) is 12.3 Å². The van der Waals surface area contributed by atoms with Gasteiger partial charge in [-0.2, -0.15) is 0 Å². The molecule has 138 valence electrons. The minimum atomic E-state index is -1.04. The maximum absolute atomic E-state index is 12.9. The van der Waals surface area contributed by atoms with E-state index in [2.05, 4.69) is 5.32 Å². The lowest BCUT2D eigenvalue weighted by Gasteiger charge is -2.06. The third-order valence-corrected chi connectivity index (χ3v) is 4.11. The fourth-order valence-electron chi connectivity index (χ4n) is 2.59. The second-order valence-electron chi connectivity index (χ2n) is 5.82. The summed E-state index contributed by atoms with van der Waals surface area (Å²) in [5.74, 6) is -2.54. The molecule has 0 spiro atoms. The van der Waals surface area contributed by atoms with Crippen LogP contribution >= 0.6 is 11.6 Å². The Bertz CT molecular complexity index is 1040. The lowest BCUT2D eigenvalue weighted by atomic mass is 10.1. The Kier molecular flexibility index (Phi) is 5.28. The molecule has 0 saturated heterocycles. The topological polar surface area (TPSA) is 85.6 Å². The zero-order valence-electron chi connectivity index (χ0n) is 14.7. The molecule has 27 heavy (non-hydrogen) atoms. The van der Waals surface area contributed by atoms with E-state index >= 15 is 0 Å². The Labute approximate surface area is 160 Å². The van der Waals surface area contributed by atoms with Gasteiger partial charge in [-0.05, 0) is 50.2 Å². The molecule has 0 saturated carbocycles. The summed E-state index contributed by atoms with van der Waals surface area (Å²) >= 11 is 5.87. The number of fused-ring (bicyclic) bond motifs is 1. The summed E-state index contributed by atoms with van der Waals surface area (Å²) in [5, 5.41) is 3.46. The third kappa shape index (κ3) is 3.85. The van der Waals surface area contributed by atoms with Gasteiger partial charge >= 0.3 is 11.9 Å². The van der Waals surface area contributed by atoms with E-state index in [-0.39, 0.29) is 18.1 Å². The number of ketones is 1. The van der Waals surface area contributed by atoms with Crippen molar-refractivity contribution >= 4 is 45.9 Å². The first-order valence-electron chi connectivity index (χ1n) is 8.22. The van der Waals surface area contributed by atoms with Gasteiger partial charge < -0.3 is 14.5 Å². The molecule has 3 aromatic rings. The standard InChI is InChI=1S/C20H16ClNO5/c1-3-26-20(25)19(24)22-16-14-10-11(2)4-9-15(14)27-18(16)17(23)12-5-7-13(21)8-6-12/h4-10H,3H2,1-2H3,(H,22,24). The molecule has 1 aromatic heterocycles. The van der Waals surface area contributed by atoms with E-state index in [1.54, 1.807) is 43.3 Å². The molecule has 0 aliphatic carbocycles. The Morgan fingerprint density at radius 3 is 2.48 bits per heavy atom. The number of anilines is 1. The molecule has 0 radical (unpaired) electrons. The molecule has 6 nitrogen and oxygen atoms in total. The number of furan rings is 1. The highest BCUT2D eigenvalue weighted by Gasteiger charge is 2.26. The normalized spacial score (nSPS) is 10.6. The number of hydrogen-bond acceptors (Lipinski definition) is 5. The number of carbonyl (C=O) groups excluding carboxylic acids is 3. The fraction of sp³-hybridized carbons (Fsp3) is 0.150. The van der Waals surface area contributed by atoms with Crippen LogP contribution in [0, 0.1) is 6.92 Å². The highest BCUT2D eigenvalue weighted by atomic mass is 35.5. The van der Waals surface area contributed by atoms with Gasteiger partial charge in [-0.3, -0.25) is 9.59 Å². The van der Waals surface area contributed by atoms with Gasteiger partial charge in [0.2, 0.25) is 5.78 Å². The van der Waals surface area contributed by atoms with Crippen molar-refractivity contribution in [1.82, 2.24) is 0 Å². The molecular formula is C20H16ClNO5. The predicted octanol–water partition coefficient (Wildman–Crippen LogP) is 4.13. The highest BCUT2D eigenvalue weighted by Crippen LogP contribution is 2.33. The number of aryl methyl sites for hydroxylation is 1. The van der Waals surface area contributed by atoms with Crippen molar-refractivity contribution in [2.45, 2.75) is 13.8 Å². The van der Waals surface area contributed by atoms with Crippen LogP contribution in [-0.4, -0.2) is 24.3 Å². The van der Waals surface area contributed by atoms with Crippen LogP contribution < -0.4 is 5.32 Å². The maximum Gasteiger partial charge on any atom is 0.397 e. The zero-order valence-corrected chi connectivity index (χ0v) is 15.4. The number of rotatable bonds is 4. The Hall–Kier alpha value is -3.12. The quantitative estimate of drug-likeness (QED) is 0.414. The van der Waals surface area contributed by atoms with Crippen molar-refractivity contribution in [3.63, 3.8) is 0 Å². The Balaban J connectivity index is 2.08. The lowest BCUT2D eigenvalue weighted by Crippen LogP contribution is -2.25. The van der Waals surface area contributed by atoms with Crippen LogP contribution in [0.25, 0.3) is 11.0 Å². The minimum absolute atomic E-state index is 0.0636. The van der Waals surface area contributed by atoms with Crippen molar-refractivity contribution < 1.29 is 23.5 Å². The molecular weight excluding hydrogens is 370 g/mol. The highest BCUT2D eigenvalue weighted by molar-refractivity contribution is 6.38. The second kappa shape index (κ2) is 7.63. The molecule has 1 amide bonds. The fourth-order valence-corrected chi connectivity index (χ4v) is 2.72. The van der Waals surface area contributed by atoms with Crippen LogP contribution in [-0.2, 0) is 14.3 Å². The van der Waals surface area contributed by atoms with Gasteiger partial charge in [-0.1, -0.05) is 23.2 Å². The number of nitrogens with one attached hydrogen (secondary N) is 1. The number of ether oxygens (including phenoxy) is 1. The van der Waals surface area contributed by atoms with Gasteiger partial charge in [0, 0.05) is 16.0 Å². The van der Waals surface area contributed by atoms with Crippen molar-refractivity contribution in [1.29, 1.82) is 0 Å². The van der Waals surface area contributed by atoms with Crippen LogP contribution in [0.5, 0.6) is 0 Å². The smallest absolute Gasteiger partial charge is 0.397 e. The van der Waals surface area contributed by atoms with E-state index in [9.17, 15) is 14.4 Å². The van der Waals surface area contributed by atoms with Crippen LogP contribution in [0.3, 0.4) is 0 Å². The van der Waals surface area contributed by atoms with Gasteiger partial charge in [-0.25, -0.2) is 4.79 Å². The summed E-state index contributed by atoms with van der Waals surface area (Å²) in [5.41, 5.74) is 1.78. The number of hydrogen-bond donors (Lipinski definition) is 1. The van der Waals surface area contributed by atoms with Gasteiger partial charge in [0.1, 0.15) is 5.58 Å². The third-order valence-electron chi connectivity index (χ3n) is 3.86. The van der Waals surface area contributed by atoms with Gasteiger partial charge in [-0.15, -0.1) is 0 Å². The van der Waals surface area contributed by atoms with Crippen molar-refractivity contribution in [2.24, 2.45) is 0 Å². The van der Waals surface area contributed by atoms with E-state index < -0.39 is 17.7 Å². The minimum Gasteiger partial charge on any atom is -0.459 e. The number of halogens is 1. The van der Waals surface area contributed by atoms with Crippen LogP contribution in [0.2, 0.25) is 5.02 Å². The van der Waals surface area contributed by atoms with Crippen molar-refractivity contribution in [3.05, 3.63) is 64.4 Å². The predicted molar refractivity (Wildman–Crippen MR) is 101 cm³/mol. The monoisotopic (exact) mass is 385 g/mol. The number of esters is 1. The maximum atomic E-state index is 12.9. The second-order valence-corrected chi connectivity index (χ2v) is 6.25. The summed E-state index contributed by atoms with van der Waals surface area (Å²) in [4.78, 5) is 36.7. The summed E-state index contributed by atoms with van der Waals surface area (Å²) in [6.07, 6.45) is 0. The largest absolute Gasteiger partial charge is 0.459 e. The molecule has 3 rings (SSSR count). The van der Waals surface area contributed by atoms with E-state index in [1.165, 1.54) is 0 Å². The van der Waals surface area contributed by atoms with E-state index in [0.717, 1.165) is 5.56 Å². The average Bonchev–Trinajstić information content (AvgIpc) is 2.99. The average molecular weight is 386 g/mol. The van der Waals surface area contributed by atoms with Crippen molar-refractivity contribution in [2.75, 3.05) is 11.9 Å². The molecule has 0 aliphatic rings. The van der Waals surface area contributed by atoms with Crippen LogP contribution in [0.1, 0.15) is 28.6 Å². The van der Waals surface area contributed by atoms with Crippen LogP contribution in [0.15, 0.2) is 46.9 Å². The van der Waals surface area contributed by atoms with E-state index in [1.807, 2.05) is 13.0 Å². The molecule has 0 aliphatic heterocycles. The number of benzene rings is 2. The summed E-state index contributed by atoms with van der Waals surface area (Å²) in [7, 11) is 0. The number of amides is 1. The molecule has 0 unspecified atom stereocenters.